The normalized spacial score (nSPS) is 10.7. The lowest BCUT2D eigenvalue weighted by Crippen LogP contribution is -1.92. The lowest BCUT2D eigenvalue weighted by Gasteiger charge is -2.06. The number of nitrogens with zero attached hydrogens (tertiary/aromatic N) is 1. The number of benzene rings is 1. The SMILES string of the molecule is COc1ccc(-c2nc(CCO)[nH]c2Br)cc1C. The van der Waals surface area contributed by atoms with Crippen LogP contribution in [0, 0.1) is 6.92 Å². The van der Waals surface area contributed by atoms with Crippen LogP contribution in [0.1, 0.15) is 11.4 Å². The van der Waals surface area contributed by atoms with E-state index in [0.29, 0.717) is 6.42 Å². The summed E-state index contributed by atoms with van der Waals surface area (Å²) in [4.78, 5) is 7.57. The molecular weight excluding hydrogens is 296 g/mol. The maximum absolute atomic E-state index is 8.91. The van der Waals surface area contributed by atoms with Crippen molar-refractivity contribution >= 4 is 15.9 Å². The van der Waals surface area contributed by atoms with E-state index in [0.717, 1.165) is 33.0 Å². The zero-order valence-corrected chi connectivity index (χ0v) is 11.9. The lowest BCUT2D eigenvalue weighted by atomic mass is 10.1. The molecule has 96 valence electrons. The van der Waals surface area contributed by atoms with Gasteiger partial charge in [0, 0.05) is 12.0 Å². The topological polar surface area (TPSA) is 58.1 Å². The summed E-state index contributed by atoms with van der Waals surface area (Å²) in [7, 11) is 1.66. The van der Waals surface area contributed by atoms with Gasteiger partial charge in [-0.3, -0.25) is 0 Å². The van der Waals surface area contributed by atoms with Crippen LogP contribution < -0.4 is 4.74 Å². The molecule has 2 rings (SSSR count). The van der Waals surface area contributed by atoms with E-state index in [1.54, 1.807) is 7.11 Å². The third kappa shape index (κ3) is 2.57. The van der Waals surface area contributed by atoms with Crippen molar-refractivity contribution in [2.45, 2.75) is 13.3 Å². The first-order valence-electron chi connectivity index (χ1n) is 5.66. The predicted molar refractivity (Wildman–Crippen MR) is 73.8 cm³/mol. The van der Waals surface area contributed by atoms with Gasteiger partial charge in [0.15, 0.2) is 0 Å². The average molecular weight is 311 g/mol. The number of aliphatic hydroxyl groups excluding tert-OH is 1. The number of hydrogen-bond acceptors (Lipinski definition) is 3. The maximum atomic E-state index is 8.91. The third-order valence-corrected chi connectivity index (χ3v) is 3.30. The second-order valence-corrected chi connectivity index (χ2v) is 4.80. The Morgan fingerprint density at radius 3 is 2.83 bits per heavy atom. The molecule has 0 spiro atoms. The Kier molecular flexibility index (Phi) is 4.04. The van der Waals surface area contributed by atoms with Crippen LogP contribution in [0.15, 0.2) is 22.8 Å². The number of aryl methyl sites for hydroxylation is 1. The number of methoxy groups -OCH3 is 1. The fourth-order valence-corrected chi connectivity index (χ4v) is 2.39. The van der Waals surface area contributed by atoms with Gasteiger partial charge in [-0.1, -0.05) is 0 Å². The summed E-state index contributed by atoms with van der Waals surface area (Å²) in [5.74, 6) is 1.63. The largest absolute Gasteiger partial charge is 0.496 e. The van der Waals surface area contributed by atoms with Crippen LogP contribution >= 0.6 is 15.9 Å². The number of nitrogens with one attached hydrogen (secondary N) is 1. The fourth-order valence-electron chi connectivity index (χ4n) is 1.84. The standard InChI is InChI=1S/C13H15BrN2O2/c1-8-7-9(3-4-10(8)18-2)12-13(14)16-11(15-12)5-6-17/h3-4,7,17H,5-6H2,1-2H3,(H,15,16). The molecule has 0 fully saturated rings. The van der Waals surface area contributed by atoms with Gasteiger partial charge in [-0.15, -0.1) is 0 Å². The number of ether oxygens (including phenoxy) is 1. The molecule has 0 amide bonds. The molecule has 0 saturated heterocycles. The third-order valence-electron chi connectivity index (χ3n) is 2.73. The first-order valence-corrected chi connectivity index (χ1v) is 6.45. The summed E-state index contributed by atoms with van der Waals surface area (Å²) >= 11 is 3.45. The number of aromatic nitrogens is 2. The molecule has 0 atom stereocenters. The van der Waals surface area contributed by atoms with Crippen molar-refractivity contribution in [3.63, 3.8) is 0 Å². The highest BCUT2D eigenvalue weighted by molar-refractivity contribution is 9.10. The minimum atomic E-state index is 0.0844. The Hall–Kier alpha value is -1.33. The van der Waals surface area contributed by atoms with Gasteiger partial charge in [0.2, 0.25) is 0 Å². The smallest absolute Gasteiger partial charge is 0.121 e. The average Bonchev–Trinajstić information content (AvgIpc) is 2.71. The number of aromatic amines is 1. The Morgan fingerprint density at radius 2 is 2.22 bits per heavy atom. The maximum Gasteiger partial charge on any atom is 0.121 e. The van der Waals surface area contributed by atoms with E-state index in [2.05, 4.69) is 25.9 Å². The van der Waals surface area contributed by atoms with Crippen LogP contribution in [0.25, 0.3) is 11.3 Å². The predicted octanol–water partition coefficient (Wildman–Crippen LogP) is 2.69. The number of H-pyrrole nitrogens is 1. The molecule has 2 N–H and O–H groups in total. The molecule has 0 radical (unpaired) electrons. The van der Waals surface area contributed by atoms with Crippen molar-refractivity contribution in [1.82, 2.24) is 9.97 Å². The summed E-state index contributed by atoms with van der Waals surface area (Å²) in [6.07, 6.45) is 0.522. The summed E-state index contributed by atoms with van der Waals surface area (Å²) in [5.41, 5.74) is 2.93. The van der Waals surface area contributed by atoms with Gasteiger partial charge in [-0.05, 0) is 46.6 Å². The molecule has 0 bridgehead atoms. The quantitative estimate of drug-likeness (QED) is 0.913. The van der Waals surface area contributed by atoms with Crippen LogP contribution in [0.2, 0.25) is 0 Å². The van der Waals surface area contributed by atoms with Crippen LogP contribution in [-0.4, -0.2) is 28.8 Å². The lowest BCUT2D eigenvalue weighted by molar-refractivity contribution is 0.297. The van der Waals surface area contributed by atoms with Gasteiger partial charge in [0.1, 0.15) is 21.9 Å². The van der Waals surface area contributed by atoms with Gasteiger partial charge in [-0.25, -0.2) is 4.98 Å². The highest BCUT2D eigenvalue weighted by atomic mass is 79.9. The monoisotopic (exact) mass is 310 g/mol. The molecule has 4 nitrogen and oxygen atoms in total. The van der Waals surface area contributed by atoms with Crippen molar-refractivity contribution in [2.24, 2.45) is 0 Å². The number of aliphatic hydroxyl groups is 1. The highest BCUT2D eigenvalue weighted by Crippen LogP contribution is 2.29. The van der Waals surface area contributed by atoms with E-state index in [-0.39, 0.29) is 6.61 Å². The first kappa shape index (κ1) is 13.1. The summed E-state index contributed by atoms with van der Waals surface area (Å²) in [5, 5.41) is 8.91. The Balaban J connectivity index is 2.39. The fraction of sp³-hybridized carbons (Fsp3) is 0.308. The van der Waals surface area contributed by atoms with Gasteiger partial charge in [0.25, 0.3) is 0 Å². The molecule has 2 aromatic rings. The first-order chi connectivity index (χ1) is 8.65. The summed E-state index contributed by atoms with van der Waals surface area (Å²) in [6.45, 7) is 2.08. The minimum Gasteiger partial charge on any atom is -0.496 e. The molecule has 1 aromatic carbocycles. The summed E-state index contributed by atoms with van der Waals surface area (Å²) in [6, 6.07) is 5.93. The van der Waals surface area contributed by atoms with E-state index in [4.69, 9.17) is 9.84 Å². The number of imidazole rings is 1. The molecule has 1 aromatic heterocycles. The Labute approximate surface area is 114 Å². The van der Waals surface area contributed by atoms with E-state index in [9.17, 15) is 0 Å². The van der Waals surface area contributed by atoms with Crippen molar-refractivity contribution < 1.29 is 9.84 Å². The van der Waals surface area contributed by atoms with Crippen LogP contribution in [0.3, 0.4) is 0 Å². The molecule has 0 aliphatic carbocycles. The van der Waals surface area contributed by atoms with Crippen molar-refractivity contribution in [3.8, 4) is 17.0 Å². The minimum absolute atomic E-state index is 0.0844. The van der Waals surface area contributed by atoms with Crippen LogP contribution in [-0.2, 0) is 6.42 Å². The zero-order chi connectivity index (χ0) is 13.1. The molecule has 0 unspecified atom stereocenters. The zero-order valence-electron chi connectivity index (χ0n) is 10.3. The molecule has 0 aliphatic rings. The Morgan fingerprint density at radius 1 is 1.44 bits per heavy atom. The van der Waals surface area contributed by atoms with Gasteiger partial charge < -0.3 is 14.8 Å². The molecular formula is C13H15BrN2O2. The van der Waals surface area contributed by atoms with E-state index < -0.39 is 0 Å². The number of rotatable bonds is 4. The van der Waals surface area contributed by atoms with Crippen molar-refractivity contribution in [1.29, 1.82) is 0 Å². The van der Waals surface area contributed by atoms with Crippen LogP contribution in [0.4, 0.5) is 0 Å². The molecule has 18 heavy (non-hydrogen) atoms. The van der Waals surface area contributed by atoms with E-state index >= 15 is 0 Å². The molecule has 0 aliphatic heterocycles. The van der Waals surface area contributed by atoms with Crippen molar-refractivity contribution in [3.05, 3.63) is 34.2 Å². The molecule has 5 heteroatoms. The summed E-state index contributed by atoms with van der Waals surface area (Å²) < 4.78 is 6.07. The van der Waals surface area contributed by atoms with Gasteiger partial charge in [-0.2, -0.15) is 0 Å². The van der Waals surface area contributed by atoms with Crippen molar-refractivity contribution in [2.75, 3.05) is 13.7 Å². The Bertz CT molecular complexity index is 552. The highest BCUT2D eigenvalue weighted by Gasteiger charge is 2.11. The van der Waals surface area contributed by atoms with Gasteiger partial charge >= 0.3 is 0 Å². The number of halogens is 1. The number of hydrogen-bond donors (Lipinski definition) is 2. The van der Waals surface area contributed by atoms with E-state index in [1.165, 1.54) is 0 Å². The van der Waals surface area contributed by atoms with Gasteiger partial charge in [0.05, 0.1) is 13.7 Å². The van der Waals surface area contributed by atoms with Crippen LogP contribution in [0.5, 0.6) is 5.75 Å². The van der Waals surface area contributed by atoms with E-state index in [1.807, 2.05) is 25.1 Å². The second kappa shape index (κ2) is 5.54. The molecule has 0 saturated carbocycles. The molecule has 1 heterocycles. The second-order valence-electron chi connectivity index (χ2n) is 4.00.